The van der Waals surface area contributed by atoms with E-state index in [1.807, 2.05) is 4.98 Å². The topological polar surface area (TPSA) is 237 Å². The van der Waals surface area contributed by atoms with Gasteiger partial charge in [-0.25, -0.2) is 33.1 Å². The van der Waals surface area contributed by atoms with Gasteiger partial charge in [0.2, 0.25) is 0 Å². The van der Waals surface area contributed by atoms with Crippen molar-refractivity contribution in [2.24, 2.45) is 0 Å². The molecule has 3 saturated heterocycles. The molecule has 42 heavy (non-hydrogen) atoms. The van der Waals surface area contributed by atoms with Gasteiger partial charge in [0, 0.05) is 12.3 Å². The number of nitrogen functional groups attached to an aromatic ring is 1. The number of H-pyrrole nitrogens is 1. The smallest absolute Gasteiger partial charge is 0.382 e. The number of hydrogen-bond acceptors (Lipinski definition) is 14. The molecule has 6 rings (SSSR count). The van der Waals surface area contributed by atoms with Crippen LogP contribution in [0.1, 0.15) is 12.5 Å². The molecule has 3 fully saturated rings. The van der Waals surface area contributed by atoms with E-state index < -0.39 is 88.2 Å². The number of hydrogen-bond donors (Lipinski definition) is 4. The molecular formula is C19H21F2N7O11P2S. The number of fused-ring (bicyclic) bond motifs is 3. The summed E-state index contributed by atoms with van der Waals surface area (Å²) in [6, 6.07) is 0.926. The van der Waals surface area contributed by atoms with Crippen molar-refractivity contribution < 1.29 is 50.7 Å². The summed E-state index contributed by atoms with van der Waals surface area (Å²) >= 11 is 5.04. The summed E-state index contributed by atoms with van der Waals surface area (Å²) in [7, 11) is -5.12. The molecule has 228 valence electrons. The molecule has 4 unspecified atom stereocenters. The summed E-state index contributed by atoms with van der Waals surface area (Å²) in [6.07, 6.45) is -11.0. The van der Waals surface area contributed by atoms with Gasteiger partial charge in [0.15, 0.2) is 36.3 Å². The number of nitrogens with two attached hydrogens (primary N) is 1. The molecule has 0 saturated carbocycles. The molecule has 6 heterocycles. The van der Waals surface area contributed by atoms with E-state index in [1.165, 1.54) is 10.9 Å². The fourth-order valence-electron chi connectivity index (χ4n) is 4.74. The second-order valence-electron chi connectivity index (χ2n) is 9.29. The van der Waals surface area contributed by atoms with Crippen LogP contribution in [-0.2, 0) is 43.9 Å². The van der Waals surface area contributed by atoms with E-state index in [0.717, 1.165) is 18.6 Å². The zero-order chi connectivity index (χ0) is 30.0. The number of halogens is 2. The fourth-order valence-corrected chi connectivity index (χ4v) is 7.14. The van der Waals surface area contributed by atoms with Crippen LogP contribution >= 0.6 is 14.5 Å². The van der Waals surface area contributed by atoms with E-state index in [4.69, 9.17) is 45.1 Å². The number of phosphoric acid groups is 1. The predicted molar refractivity (Wildman–Crippen MR) is 137 cm³/mol. The summed E-state index contributed by atoms with van der Waals surface area (Å²) in [4.78, 5) is 58.6. The Hall–Kier alpha value is -2.55. The van der Waals surface area contributed by atoms with Crippen molar-refractivity contribution in [3.8, 4) is 0 Å². The first-order chi connectivity index (χ1) is 19.8. The van der Waals surface area contributed by atoms with Gasteiger partial charge in [-0.3, -0.25) is 32.5 Å². The first-order valence-electron chi connectivity index (χ1n) is 12.0. The minimum atomic E-state index is -5.12. The second kappa shape index (κ2) is 10.9. The summed E-state index contributed by atoms with van der Waals surface area (Å²) in [5.41, 5.74) is 4.23. The molecule has 0 aromatic carbocycles. The van der Waals surface area contributed by atoms with Gasteiger partial charge in [0.05, 0.1) is 19.5 Å². The van der Waals surface area contributed by atoms with Gasteiger partial charge in [0.1, 0.15) is 36.3 Å². The molecule has 0 aliphatic carbocycles. The van der Waals surface area contributed by atoms with Crippen LogP contribution in [-0.4, -0.2) is 88.8 Å². The van der Waals surface area contributed by atoms with E-state index in [-0.39, 0.29) is 17.0 Å². The monoisotopic (exact) mass is 655 g/mol. The number of nitrogens with one attached hydrogen (secondary N) is 1. The lowest BCUT2D eigenvalue weighted by Crippen LogP contribution is -2.38. The normalized spacial score (nSPS) is 39.3. The Balaban J connectivity index is 1.28. The van der Waals surface area contributed by atoms with Crippen LogP contribution in [0, 0.1) is 0 Å². The van der Waals surface area contributed by atoms with Gasteiger partial charge in [-0.05, 0) is 11.8 Å². The Labute approximate surface area is 237 Å². The third kappa shape index (κ3) is 5.46. The molecule has 3 aliphatic rings. The molecule has 3 aromatic rings. The lowest BCUT2D eigenvalue weighted by molar-refractivity contribution is -0.0634. The zero-order valence-corrected chi connectivity index (χ0v) is 23.4. The van der Waals surface area contributed by atoms with Crippen LogP contribution < -0.4 is 17.0 Å². The maximum absolute atomic E-state index is 15.8. The maximum atomic E-state index is 15.8. The van der Waals surface area contributed by atoms with Crippen LogP contribution in [0.3, 0.4) is 0 Å². The summed E-state index contributed by atoms with van der Waals surface area (Å²) in [5, 5.41) is 0. The number of alkyl halides is 2. The molecule has 0 radical (unpaired) electrons. The molecule has 18 nitrogen and oxygen atoms in total. The number of rotatable bonds is 2. The average Bonchev–Trinajstić information content (AvgIpc) is 3.57. The Morgan fingerprint density at radius 3 is 2.33 bits per heavy atom. The van der Waals surface area contributed by atoms with Crippen molar-refractivity contribution in [3.63, 3.8) is 0 Å². The maximum Gasteiger partial charge on any atom is 0.472 e. The highest BCUT2D eigenvalue weighted by Crippen LogP contribution is 2.54. The molecule has 0 bridgehead atoms. The van der Waals surface area contributed by atoms with E-state index in [0.29, 0.717) is 4.57 Å². The molecule has 5 N–H and O–H groups in total. The lowest BCUT2D eigenvalue weighted by atomic mass is 10.1. The highest BCUT2D eigenvalue weighted by molar-refractivity contribution is 8.07. The fraction of sp³-hybridized carbons (Fsp3) is 0.526. The van der Waals surface area contributed by atoms with Gasteiger partial charge in [-0.2, -0.15) is 0 Å². The van der Waals surface area contributed by atoms with Gasteiger partial charge in [-0.15, -0.1) is 0 Å². The lowest BCUT2D eigenvalue weighted by Gasteiger charge is -2.28. The minimum absolute atomic E-state index is 0.0162. The van der Waals surface area contributed by atoms with Gasteiger partial charge in [-0.1, -0.05) is 0 Å². The van der Waals surface area contributed by atoms with E-state index in [9.17, 15) is 23.9 Å². The number of anilines is 1. The van der Waals surface area contributed by atoms with Gasteiger partial charge < -0.3 is 29.5 Å². The first kappa shape index (κ1) is 29.5. The van der Waals surface area contributed by atoms with Crippen molar-refractivity contribution in [2.75, 3.05) is 18.9 Å². The third-order valence-electron chi connectivity index (χ3n) is 6.63. The Morgan fingerprint density at radius 1 is 1.00 bits per heavy atom. The number of aromatic nitrogens is 6. The van der Waals surface area contributed by atoms with E-state index >= 15 is 8.78 Å². The SMILES string of the molecule is Nc1ncnc2c1ncn2[C@@H]1O[C@@H]2COP(=O)(O)O[C@@H]3[C@H](F)[C@H](n4ccc(=O)[nH]c4=O)O[C@@H]3COP(O)(=S)OC2C1F. The van der Waals surface area contributed by atoms with Crippen molar-refractivity contribution in [2.45, 2.75) is 49.2 Å². The summed E-state index contributed by atoms with van der Waals surface area (Å²) in [5.74, 6) is 0.0162. The van der Waals surface area contributed by atoms with Gasteiger partial charge >= 0.3 is 20.2 Å². The minimum Gasteiger partial charge on any atom is -0.382 e. The van der Waals surface area contributed by atoms with E-state index in [2.05, 4.69) is 15.0 Å². The molecule has 0 spiro atoms. The highest BCUT2D eigenvalue weighted by Gasteiger charge is 2.54. The molecule has 3 aliphatic heterocycles. The Bertz CT molecular complexity index is 1730. The number of phosphoric ester groups is 1. The Kier molecular flexibility index (Phi) is 7.64. The van der Waals surface area contributed by atoms with Crippen LogP contribution in [0.5, 0.6) is 0 Å². The highest BCUT2D eigenvalue weighted by atomic mass is 32.5. The molecular weight excluding hydrogens is 634 g/mol. The number of nitrogens with zero attached hydrogens (tertiary/aromatic N) is 5. The molecule has 3 aromatic heterocycles. The molecule has 10 atom stereocenters. The second-order valence-corrected chi connectivity index (χ2v) is 13.5. The zero-order valence-electron chi connectivity index (χ0n) is 20.8. The van der Waals surface area contributed by atoms with Crippen molar-refractivity contribution in [3.05, 3.63) is 45.8 Å². The first-order valence-corrected chi connectivity index (χ1v) is 16.1. The van der Waals surface area contributed by atoms with Crippen LogP contribution in [0.4, 0.5) is 14.6 Å². The van der Waals surface area contributed by atoms with Crippen LogP contribution in [0.2, 0.25) is 0 Å². The number of ether oxygens (including phenoxy) is 2. The van der Waals surface area contributed by atoms with Crippen molar-refractivity contribution in [1.82, 2.24) is 29.1 Å². The van der Waals surface area contributed by atoms with Crippen LogP contribution in [0.15, 0.2) is 34.5 Å². The number of imidazole rings is 1. The third-order valence-corrected chi connectivity index (χ3v) is 9.18. The average molecular weight is 655 g/mol. The standard InChI is InChI=1S/C19H21F2N7O11P2S/c20-10-13-8(36-17(10)27-2-1-9(29)26-19(27)30)4-35-41(33,42)39-14-7(3-34-40(31,32)38-13)37-18(11(14)21)28-6-25-12-15(22)23-5-24-16(12)28/h1-2,5-8,10-11,13-14,17-18H,3-4H2,(H,31,32)(H,33,42)(H2,22,23,24)(H,26,29,30)/t7-,8-,10+,11?,13+,14?,17-,18-,41?/m1/s1. The largest absolute Gasteiger partial charge is 0.472 e. The predicted octanol–water partition coefficient (Wildman–Crippen LogP) is -0.436. The van der Waals surface area contributed by atoms with Crippen molar-refractivity contribution >= 4 is 43.3 Å². The summed E-state index contributed by atoms with van der Waals surface area (Å²) < 4.78 is 78.1. The van der Waals surface area contributed by atoms with Crippen molar-refractivity contribution in [1.29, 1.82) is 0 Å². The molecule has 0 amide bonds. The van der Waals surface area contributed by atoms with Gasteiger partial charge in [0.25, 0.3) is 5.56 Å². The quantitative estimate of drug-likeness (QED) is 0.256. The Morgan fingerprint density at radius 2 is 1.64 bits per heavy atom. The van der Waals surface area contributed by atoms with E-state index in [1.54, 1.807) is 0 Å². The molecule has 23 heteroatoms. The van der Waals surface area contributed by atoms with Crippen LogP contribution in [0.25, 0.3) is 11.2 Å². The summed E-state index contributed by atoms with van der Waals surface area (Å²) in [6.45, 7) is -5.97. The number of aromatic amines is 1.